The third kappa shape index (κ3) is 3.96. The molecule has 2 aromatic rings. The zero-order valence-corrected chi connectivity index (χ0v) is 16.1. The fourth-order valence-electron chi connectivity index (χ4n) is 4.77. The highest BCUT2D eigenvalue weighted by atomic mass is 19.1. The van der Waals surface area contributed by atoms with Gasteiger partial charge >= 0.3 is 0 Å². The highest BCUT2D eigenvalue weighted by molar-refractivity contribution is 5.77. The summed E-state index contributed by atoms with van der Waals surface area (Å²) in [5.74, 6) is 0.221. The Morgan fingerprint density at radius 1 is 1.07 bits per heavy atom. The number of halogens is 1. The highest BCUT2D eigenvalue weighted by Gasteiger charge is 2.52. The predicted molar refractivity (Wildman–Crippen MR) is 106 cm³/mol. The second kappa shape index (κ2) is 8.02. The Morgan fingerprint density at radius 3 is 2.57 bits per heavy atom. The smallest absolute Gasteiger partial charge is 0.222 e. The van der Waals surface area contributed by atoms with Gasteiger partial charge in [0.25, 0.3) is 0 Å². The van der Waals surface area contributed by atoms with Crippen molar-refractivity contribution in [3.05, 3.63) is 71.5 Å². The minimum absolute atomic E-state index is 0.0831. The van der Waals surface area contributed by atoms with Gasteiger partial charge < -0.3 is 10.0 Å². The molecule has 1 N–H and O–H groups in total. The van der Waals surface area contributed by atoms with E-state index >= 15 is 0 Å². The molecule has 1 amide bonds. The maximum Gasteiger partial charge on any atom is 0.222 e. The minimum Gasteiger partial charge on any atom is -0.396 e. The van der Waals surface area contributed by atoms with Gasteiger partial charge in [0.1, 0.15) is 5.82 Å². The quantitative estimate of drug-likeness (QED) is 0.836. The number of nitrogens with zero attached hydrogens (tertiary/aromatic N) is 2. The first kappa shape index (κ1) is 19.1. The number of benzene rings is 2. The highest BCUT2D eigenvalue weighted by Crippen LogP contribution is 2.42. The van der Waals surface area contributed by atoms with Crippen molar-refractivity contribution in [1.82, 2.24) is 9.80 Å². The van der Waals surface area contributed by atoms with Gasteiger partial charge in [-0.05, 0) is 35.6 Å². The molecule has 5 heteroatoms. The third-order valence-corrected chi connectivity index (χ3v) is 6.26. The fourth-order valence-corrected chi connectivity index (χ4v) is 4.77. The maximum atomic E-state index is 13.4. The lowest BCUT2D eigenvalue weighted by Crippen LogP contribution is -2.38. The maximum absolute atomic E-state index is 13.4. The summed E-state index contributed by atoms with van der Waals surface area (Å²) in [5, 5.41) is 10.1. The number of aryl methyl sites for hydroxylation is 1. The Labute approximate surface area is 165 Å². The van der Waals surface area contributed by atoms with Gasteiger partial charge in [-0.3, -0.25) is 9.69 Å². The lowest BCUT2D eigenvalue weighted by atomic mass is 9.82. The van der Waals surface area contributed by atoms with Crippen LogP contribution < -0.4 is 0 Å². The van der Waals surface area contributed by atoms with Crippen molar-refractivity contribution in [2.75, 3.05) is 32.8 Å². The molecule has 2 saturated heterocycles. The van der Waals surface area contributed by atoms with Crippen LogP contribution in [0.3, 0.4) is 0 Å². The first-order valence-electron chi connectivity index (χ1n) is 9.97. The first-order chi connectivity index (χ1) is 13.6. The summed E-state index contributed by atoms with van der Waals surface area (Å²) in [6, 6.07) is 16.8. The van der Waals surface area contributed by atoms with E-state index in [-0.39, 0.29) is 29.7 Å². The van der Waals surface area contributed by atoms with Crippen molar-refractivity contribution in [2.45, 2.75) is 19.4 Å². The van der Waals surface area contributed by atoms with Gasteiger partial charge in [-0.2, -0.15) is 0 Å². The van der Waals surface area contributed by atoms with E-state index in [1.54, 1.807) is 12.1 Å². The lowest BCUT2D eigenvalue weighted by Gasteiger charge is -2.27. The average molecular weight is 382 g/mol. The molecule has 4 rings (SSSR count). The molecule has 2 fully saturated rings. The number of carbonyl (C=O) groups excluding carboxylic acids is 1. The zero-order chi connectivity index (χ0) is 19.6. The van der Waals surface area contributed by atoms with Crippen LogP contribution in [-0.2, 0) is 17.8 Å². The van der Waals surface area contributed by atoms with Gasteiger partial charge in [0.05, 0.1) is 6.61 Å². The van der Waals surface area contributed by atoms with Crippen LogP contribution in [0.15, 0.2) is 54.6 Å². The summed E-state index contributed by atoms with van der Waals surface area (Å²) in [4.78, 5) is 16.9. The van der Waals surface area contributed by atoms with Crippen LogP contribution in [0, 0.1) is 17.2 Å². The molecule has 28 heavy (non-hydrogen) atoms. The molecule has 2 heterocycles. The number of likely N-dealkylation sites (tertiary alicyclic amines) is 2. The second-order valence-electron chi connectivity index (χ2n) is 8.28. The second-order valence-corrected chi connectivity index (χ2v) is 8.28. The fraction of sp³-hybridized carbons (Fsp3) is 0.435. The molecule has 2 aliphatic rings. The predicted octanol–water partition coefficient (Wildman–Crippen LogP) is 2.71. The van der Waals surface area contributed by atoms with Gasteiger partial charge in [-0.25, -0.2) is 4.39 Å². The first-order valence-corrected chi connectivity index (χ1v) is 9.97. The molecular formula is C23H27FN2O2. The summed E-state index contributed by atoms with van der Waals surface area (Å²) >= 11 is 0. The van der Waals surface area contributed by atoms with Gasteiger partial charge in [0.15, 0.2) is 0 Å². The molecule has 2 unspecified atom stereocenters. The molecule has 2 atom stereocenters. The van der Waals surface area contributed by atoms with Crippen LogP contribution in [0.4, 0.5) is 4.39 Å². The normalized spacial score (nSPS) is 24.5. The van der Waals surface area contributed by atoms with Gasteiger partial charge in [-0.1, -0.05) is 42.5 Å². The van der Waals surface area contributed by atoms with Crippen LogP contribution in [0.25, 0.3) is 0 Å². The van der Waals surface area contributed by atoms with Crippen molar-refractivity contribution >= 4 is 5.91 Å². The number of aliphatic hydroxyl groups is 1. The van der Waals surface area contributed by atoms with Crippen molar-refractivity contribution in [1.29, 1.82) is 0 Å². The van der Waals surface area contributed by atoms with Gasteiger partial charge in [0.2, 0.25) is 5.91 Å². The van der Waals surface area contributed by atoms with Crippen molar-refractivity contribution in [3.8, 4) is 0 Å². The van der Waals surface area contributed by atoms with E-state index < -0.39 is 0 Å². The van der Waals surface area contributed by atoms with Crippen LogP contribution in [-0.4, -0.2) is 53.6 Å². The van der Waals surface area contributed by atoms with Crippen molar-refractivity contribution in [2.24, 2.45) is 11.3 Å². The van der Waals surface area contributed by atoms with Crippen molar-refractivity contribution in [3.63, 3.8) is 0 Å². The monoisotopic (exact) mass is 382 g/mol. The van der Waals surface area contributed by atoms with E-state index in [2.05, 4.69) is 4.90 Å². The van der Waals surface area contributed by atoms with E-state index in [9.17, 15) is 14.3 Å². The molecule has 0 bridgehead atoms. The SMILES string of the molecule is O=C(CCc1ccccc1)N1CC2CN(Cc3cccc(F)c3)CC2(CO)C1. The average Bonchev–Trinajstić information content (AvgIpc) is 3.21. The summed E-state index contributed by atoms with van der Waals surface area (Å²) in [5.41, 5.74) is 1.87. The van der Waals surface area contributed by atoms with Gasteiger partial charge in [0, 0.05) is 44.6 Å². The summed E-state index contributed by atoms with van der Waals surface area (Å²) in [7, 11) is 0. The zero-order valence-electron chi connectivity index (χ0n) is 16.1. The molecule has 2 aromatic carbocycles. The van der Waals surface area contributed by atoms with Crippen LogP contribution in [0.5, 0.6) is 0 Å². The molecule has 148 valence electrons. The minimum atomic E-state index is -0.254. The topological polar surface area (TPSA) is 43.8 Å². The Hall–Kier alpha value is -2.24. The van der Waals surface area contributed by atoms with Crippen LogP contribution in [0.1, 0.15) is 17.5 Å². The molecule has 0 spiro atoms. The van der Waals surface area contributed by atoms with Crippen molar-refractivity contribution < 1.29 is 14.3 Å². The lowest BCUT2D eigenvalue weighted by molar-refractivity contribution is -0.130. The largest absolute Gasteiger partial charge is 0.396 e. The van der Waals surface area contributed by atoms with E-state index in [1.165, 1.54) is 11.6 Å². The van der Waals surface area contributed by atoms with Crippen LogP contribution in [0.2, 0.25) is 0 Å². The molecule has 0 aromatic heterocycles. The molecular weight excluding hydrogens is 355 g/mol. The van der Waals surface area contributed by atoms with E-state index in [0.717, 1.165) is 25.1 Å². The molecule has 0 saturated carbocycles. The summed E-state index contributed by atoms with van der Waals surface area (Å²) in [6.07, 6.45) is 1.25. The molecule has 0 aliphatic carbocycles. The number of hydrogen-bond acceptors (Lipinski definition) is 3. The molecule has 4 nitrogen and oxygen atoms in total. The number of hydrogen-bond donors (Lipinski definition) is 1. The Bertz CT molecular complexity index is 828. The Balaban J connectivity index is 1.35. The number of fused-ring (bicyclic) bond motifs is 1. The Kier molecular flexibility index (Phi) is 5.47. The molecule has 2 aliphatic heterocycles. The number of aliphatic hydroxyl groups excluding tert-OH is 1. The molecule has 0 radical (unpaired) electrons. The van der Waals surface area contributed by atoms with E-state index in [4.69, 9.17) is 0 Å². The number of amides is 1. The third-order valence-electron chi connectivity index (χ3n) is 6.26. The van der Waals surface area contributed by atoms with E-state index in [1.807, 2.05) is 41.3 Å². The van der Waals surface area contributed by atoms with E-state index in [0.29, 0.717) is 26.1 Å². The van der Waals surface area contributed by atoms with Crippen LogP contribution >= 0.6 is 0 Å². The summed E-state index contributed by atoms with van der Waals surface area (Å²) in [6.45, 7) is 3.65. The standard InChI is InChI=1S/C23H27FN2O2/c24-21-8-4-7-19(11-21)12-25-13-20-14-26(16-23(20,15-25)17-27)22(28)10-9-18-5-2-1-3-6-18/h1-8,11,20,27H,9-10,12-17H2. The number of rotatable bonds is 6. The van der Waals surface area contributed by atoms with Gasteiger partial charge in [-0.15, -0.1) is 0 Å². The summed E-state index contributed by atoms with van der Waals surface area (Å²) < 4.78 is 13.4. The number of carbonyl (C=O) groups is 1. The Morgan fingerprint density at radius 2 is 1.86 bits per heavy atom.